The largest absolute Gasteiger partial charge is 0.282 e. The van der Waals surface area contributed by atoms with Gasteiger partial charge in [-0.1, -0.05) is 12.1 Å². The second-order valence-electron chi connectivity index (χ2n) is 6.00. The minimum atomic E-state index is -0.492. The quantitative estimate of drug-likeness (QED) is 0.390. The number of nitro benzene ring substituents is 1. The maximum absolute atomic E-state index is 10.9. The number of nitriles is 1. The Morgan fingerprint density at radius 3 is 2.62 bits per heavy atom. The summed E-state index contributed by atoms with van der Waals surface area (Å²) in [6.07, 6.45) is 0. The number of hydrogen-bond acceptors (Lipinski definition) is 8. The van der Waals surface area contributed by atoms with E-state index >= 15 is 0 Å². The van der Waals surface area contributed by atoms with E-state index in [1.54, 1.807) is 6.92 Å². The summed E-state index contributed by atoms with van der Waals surface area (Å²) in [6, 6.07) is 15.6. The van der Waals surface area contributed by atoms with E-state index in [2.05, 4.69) is 16.2 Å². The monoisotopic (exact) mass is 420 g/mol. The van der Waals surface area contributed by atoms with Crippen LogP contribution in [0.3, 0.4) is 0 Å². The van der Waals surface area contributed by atoms with Gasteiger partial charge >= 0.3 is 0 Å². The lowest BCUT2D eigenvalue weighted by Gasteiger charge is -2.11. The predicted octanol–water partition coefficient (Wildman–Crippen LogP) is 4.20. The molecule has 0 saturated carbocycles. The van der Waals surface area contributed by atoms with Gasteiger partial charge in [-0.2, -0.15) is 10.4 Å². The molecule has 4 aromatic rings. The van der Waals surface area contributed by atoms with E-state index < -0.39 is 4.92 Å². The van der Waals surface area contributed by atoms with Crippen LogP contribution in [0.25, 0.3) is 15.9 Å². The third kappa shape index (κ3) is 3.49. The summed E-state index contributed by atoms with van der Waals surface area (Å²) in [5.41, 5.74) is 2.01. The molecule has 0 aliphatic heterocycles. The van der Waals surface area contributed by atoms with Crippen molar-refractivity contribution in [3.05, 3.63) is 75.3 Å². The molecule has 0 atom stereocenters. The zero-order valence-electron chi connectivity index (χ0n) is 15.0. The number of nitro groups is 1. The standard InChI is InChI=1S/C19H12N6O2S2/c1-11-14(10-20)17(21)24(12-6-8-13(9-7-12)25(26)27)23-18(11)29-19-22-15-4-2-3-5-16(15)28-19/h2-9,21H,1H3. The first-order valence-corrected chi connectivity index (χ1v) is 9.98. The van der Waals surface area contributed by atoms with E-state index in [-0.39, 0.29) is 16.7 Å². The Labute approximate surface area is 172 Å². The van der Waals surface area contributed by atoms with Crippen LogP contribution in [0.15, 0.2) is 57.9 Å². The van der Waals surface area contributed by atoms with Gasteiger partial charge in [-0.25, -0.2) is 9.67 Å². The van der Waals surface area contributed by atoms with Crippen LogP contribution in [-0.2, 0) is 0 Å². The van der Waals surface area contributed by atoms with Crippen molar-refractivity contribution in [1.82, 2.24) is 14.8 Å². The number of fused-ring (bicyclic) bond motifs is 1. The van der Waals surface area contributed by atoms with E-state index in [1.807, 2.05) is 24.3 Å². The van der Waals surface area contributed by atoms with Crippen LogP contribution in [0.1, 0.15) is 11.1 Å². The lowest BCUT2D eigenvalue weighted by atomic mass is 10.2. The first kappa shape index (κ1) is 18.8. The SMILES string of the molecule is Cc1c(Sc2nc3ccccc3s2)nn(-c2ccc([N+](=O)[O-])cc2)c(=N)c1C#N. The molecule has 8 nitrogen and oxygen atoms in total. The summed E-state index contributed by atoms with van der Waals surface area (Å²) in [4.78, 5) is 15.0. The Bertz CT molecular complexity index is 1320. The molecule has 0 saturated heterocycles. The van der Waals surface area contributed by atoms with E-state index in [9.17, 15) is 15.4 Å². The Morgan fingerprint density at radius 2 is 1.97 bits per heavy atom. The fraction of sp³-hybridized carbons (Fsp3) is 0.0526. The van der Waals surface area contributed by atoms with Gasteiger partial charge in [-0.3, -0.25) is 15.5 Å². The molecule has 2 aromatic heterocycles. The summed E-state index contributed by atoms with van der Waals surface area (Å²) in [7, 11) is 0. The molecule has 0 bridgehead atoms. The number of nitrogens with zero attached hydrogens (tertiary/aromatic N) is 5. The molecule has 0 unspecified atom stereocenters. The molecule has 0 fully saturated rings. The summed E-state index contributed by atoms with van der Waals surface area (Å²) in [5, 5.41) is 33.9. The number of thiazole rings is 1. The van der Waals surface area contributed by atoms with E-state index in [4.69, 9.17) is 5.41 Å². The average molecular weight is 420 g/mol. The van der Waals surface area contributed by atoms with Crippen molar-refractivity contribution in [2.24, 2.45) is 0 Å². The third-order valence-electron chi connectivity index (χ3n) is 4.21. The molecular formula is C19H12N6O2S2. The molecule has 0 aliphatic rings. The Hall–Kier alpha value is -3.55. The van der Waals surface area contributed by atoms with Gasteiger partial charge in [0.25, 0.3) is 5.69 Å². The van der Waals surface area contributed by atoms with E-state index in [1.165, 1.54) is 52.0 Å². The Kier molecular flexibility index (Phi) is 4.84. The van der Waals surface area contributed by atoms with Gasteiger partial charge in [-0.05, 0) is 43.0 Å². The molecule has 0 amide bonds. The van der Waals surface area contributed by atoms with Gasteiger partial charge in [-0.15, -0.1) is 11.3 Å². The molecule has 10 heteroatoms. The maximum Gasteiger partial charge on any atom is 0.269 e. The highest BCUT2D eigenvalue weighted by Crippen LogP contribution is 2.35. The van der Waals surface area contributed by atoms with Crippen molar-refractivity contribution in [3.8, 4) is 11.8 Å². The zero-order chi connectivity index (χ0) is 20.5. The van der Waals surface area contributed by atoms with Crippen LogP contribution >= 0.6 is 23.1 Å². The number of nitrogens with one attached hydrogen (secondary N) is 1. The number of hydrogen-bond donors (Lipinski definition) is 1. The van der Waals surface area contributed by atoms with Crippen LogP contribution in [-0.4, -0.2) is 19.7 Å². The molecule has 29 heavy (non-hydrogen) atoms. The van der Waals surface area contributed by atoms with Crippen molar-refractivity contribution in [2.75, 3.05) is 0 Å². The number of para-hydroxylation sites is 1. The average Bonchev–Trinajstić information content (AvgIpc) is 3.13. The molecule has 142 valence electrons. The first-order chi connectivity index (χ1) is 14.0. The Balaban J connectivity index is 1.82. The van der Waals surface area contributed by atoms with Crippen molar-refractivity contribution in [3.63, 3.8) is 0 Å². The number of aromatic nitrogens is 3. The molecule has 2 heterocycles. The van der Waals surface area contributed by atoms with Crippen LogP contribution < -0.4 is 5.49 Å². The normalized spacial score (nSPS) is 10.8. The summed E-state index contributed by atoms with van der Waals surface area (Å²) in [5.74, 6) is 0. The van der Waals surface area contributed by atoms with Crippen LogP contribution in [0, 0.1) is 33.8 Å². The first-order valence-electron chi connectivity index (χ1n) is 8.35. The van der Waals surface area contributed by atoms with Crippen molar-refractivity contribution in [2.45, 2.75) is 16.3 Å². The zero-order valence-corrected chi connectivity index (χ0v) is 16.6. The van der Waals surface area contributed by atoms with Gasteiger partial charge in [0.2, 0.25) is 0 Å². The van der Waals surface area contributed by atoms with Crippen LogP contribution in [0.5, 0.6) is 0 Å². The summed E-state index contributed by atoms with van der Waals surface area (Å²) >= 11 is 2.85. The minimum Gasteiger partial charge on any atom is -0.282 e. The summed E-state index contributed by atoms with van der Waals surface area (Å²) in [6.45, 7) is 1.75. The second-order valence-corrected chi connectivity index (χ2v) is 8.27. The van der Waals surface area contributed by atoms with Gasteiger partial charge in [0, 0.05) is 17.7 Å². The van der Waals surface area contributed by atoms with Crippen LogP contribution in [0.2, 0.25) is 0 Å². The lowest BCUT2D eigenvalue weighted by molar-refractivity contribution is -0.384. The van der Waals surface area contributed by atoms with E-state index in [0.29, 0.717) is 16.3 Å². The highest BCUT2D eigenvalue weighted by atomic mass is 32.2. The highest BCUT2D eigenvalue weighted by molar-refractivity contribution is 8.01. The molecular weight excluding hydrogens is 408 g/mol. The van der Waals surface area contributed by atoms with Crippen molar-refractivity contribution in [1.29, 1.82) is 10.7 Å². The number of benzene rings is 2. The highest BCUT2D eigenvalue weighted by Gasteiger charge is 2.16. The molecule has 2 aromatic carbocycles. The molecule has 0 aliphatic carbocycles. The van der Waals surface area contributed by atoms with Gasteiger partial charge in [0.15, 0.2) is 9.83 Å². The van der Waals surface area contributed by atoms with Crippen molar-refractivity contribution < 1.29 is 4.92 Å². The maximum atomic E-state index is 10.9. The smallest absolute Gasteiger partial charge is 0.269 e. The van der Waals surface area contributed by atoms with E-state index in [0.717, 1.165) is 14.6 Å². The third-order valence-corrected chi connectivity index (χ3v) is 6.39. The fourth-order valence-electron chi connectivity index (χ4n) is 2.72. The van der Waals surface area contributed by atoms with Gasteiger partial charge in [0.05, 0.1) is 20.8 Å². The minimum absolute atomic E-state index is 0.0578. The molecule has 1 N–H and O–H groups in total. The summed E-state index contributed by atoms with van der Waals surface area (Å²) < 4.78 is 3.14. The predicted molar refractivity (Wildman–Crippen MR) is 109 cm³/mol. The fourth-order valence-corrected chi connectivity index (χ4v) is 4.78. The molecule has 0 radical (unpaired) electrons. The molecule has 4 rings (SSSR count). The van der Waals surface area contributed by atoms with Crippen LogP contribution in [0.4, 0.5) is 5.69 Å². The van der Waals surface area contributed by atoms with Gasteiger partial charge < -0.3 is 0 Å². The number of rotatable bonds is 4. The topological polar surface area (TPSA) is 121 Å². The molecule has 0 spiro atoms. The number of non-ortho nitro benzene ring substituents is 1. The second kappa shape index (κ2) is 7.46. The van der Waals surface area contributed by atoms with Crippen molar-refractivity contribution >= 4 is 39.0 Å². The van der Waals surface area contributed by atoms with Gasteiger partial charge in [0.1, 0.15) is 16.7 Å². The Morgan fingerprint density at radius 1 is 1.24 bits per heavy atom. The lowest BCUT2D eigenvalue weighted by Crippen LogP contribution is -2.26.